The summed E-state index contributed by atoms with van der Waals surface area (Å²) >= 11 is 3.35. The fourth-order valence-corrected chi connectivity index (χ4v) is 5.45. The molecular weight excluding hydrogens is 448 g/mol. The summed E-state index contributed by atoms with van der Waals surface area (Å²) in [6.07, 6.45) is 1.30. The summed E-state index contributed by atoms with van der Waals surface area (Å²) in [6, 6.07) is 22.4. The number of benzene rings is 3. The predicted molar refractivity (Wildman–Crippen MR) is 140 cm³/mol. The summed E-state index contributed by atoms with van der Waals surface area (Å²) in [5.74, 6) is 1.85. The number of carbonyl (C=O) groups excluding carboxylic acids is 1. The standard InChI is InChI=1S/C27H28N2O2S2/c1-19-16-24-25(17-20(19)2)33-27(28-24)29(18-21-8-5-4-6-9-21)26(30)10-7-15-32-23-13-11-22(31-3)12-14-23/h4-6,8-9,11-14,16-17H,7,10,15,18H2,1-3H3. The lowest BCUT2D eigenvalue weighted by atomic mass is 10.1. The van der Waals surface area contributed by atoms with E-state index >= 15 is 0 Å². The van der Waals surface area contributed by atoms with Gasteiger partial charge in [0.1, 0.15) is 5.75 Å². The SMILES string of the molecule is COc1ccc(SCCCC(=O)N(Cc2ccccc2)c2nc3cc(C)c(C)cc3s2)cc1. The Balaban J connectivity index is 1.46. The Labute approximate surface area is 203 Å². The molecule has 0 bridgehead atoms. The quantitative estimate of drug-likeness (QED) is 0.192. The molecule has 170 valence electrons. The first-order valence-electron chi connectivity index (χ1n) is 11.0. The highest BCUT2D eigenvalue weighted by molar-refractivity contribution is 7.99. The zero-order valence-corrected chi connectivity index (χ0v) is 20.8. The van der Waals surface area contributed by atoms with Gasteiger partial charge in [0.2, 0.25) is 5.91 Å². The van der Waals surface area contributed by atoms with Crippen LogP contribution in [0.4, 0.5) is 5.13 Å². The highest BCUT2D eigenvalue weighted by atomic mass is 32.2. The van der Waals surface area contributed by atoms with Gasteiger partial charge in [-0.15, -0.1) is 11.8 Å². The van der Waals surface area contributed by atoms with E-state index in [-0.39, 0.29) is 5.91 Å². The molecule has 0 saturated heterocycles. The number of anilines is 1. The zero-order chi connectivity index (χ0) is 23.2. The van der Waals surface area contributed by atoms with Gasteiger partial charge in [-0.25, -0.2) is 4.98 Å². The summed E-state index contributed by atoms with van der Waals surface area (Å²) in [6.45, 7) is 4.74. The lowest BCUT2D eigenvalue weighted by Crippen LogP contribution is -2.30. The maximum atomic E-state index is 13.3. The number of carbonyl (C=O) groups is 1. The minimum Gasteiger partial charge on any atom is -0.497 e. The molecule has 3 aromatic carbocycles. The smallest absolute Gasteiger partial charge is 0.229 e. The number of rotatable bonds is 9. The molecule has 6 heteroatoms. The summed E-state index contributed by atoms with van der Waals surface area (Å²) in [5.41, 5.74) is 4.52. The molecule has 0 N–H and O–H groups in total. The second-order valence-corrected chi connectivity index (χ2v) is 10.2. The normalized spacial score (nSPS) is 11.0. The Hall–Kier alpha value is -2.83. The maximum absolute atomic E-state index is 13.3. The predicted octanol–water partition coefficient (Wildman–Crippen LogP) is 7.03. The van der Waals surface area contributed by atoms with Crippen LogP contribution in [0.5, 0.6) is 5.75 Å². The molecule has 0 aliphatic carbocycles. The van der Waals surface area contributed by atoms with Gasteiger partial charge in [0.15, 0.2) is 5.13 Å². The molecule has 0 aliphatic rings. The van der Waals surface area contributed by atoms with Crippen molar-refractivity contribution in [3.8, 4) is 5.75 Å². The number of thioether (sulfide) groups is 1. The summed E-state index contributed by atoms with van der Waals surface area (Å²) in [7, 11) is 1.67. The van der Waals surface area contributed by atoms with Crippen molar-refractivity contribution >= 4 is 44.4 Å². The number of aryl methyl sites for hydroxylation is 2. The van der Waals surface area contributed by atoms with Crippen molar-refractivity contribution in [2.45, 2.75) is 38.1 Å². The molecule has 0 radical (unpaired) electrons. The van der Waals surface area contributed by atoms with Gasteiger partial charge >= 0.3 is 0 Å². The molecule has 0 fully saturated rings. The number of hydrogen-bond acceptors (Lipinski definition) is 5. The van der Waals surface area contributed by atoms with E-state index in [1.807, 2.05) is 35.2 Å². The molecule has 0 unspecified atom stereocenters. The lowest BCUT2D eigenvalue weighted by Gasteiger charge is -2.20. The molecule has 0 aliphatic heterocycles. The Bertz CT molecular complexity index is 1180. The number of methoxy groups -OCH3 is 1. The Morgan fingerprint density at radius 3 is 2.48 bits per heavy atom. The first-order chi connectivity index (χ1) is 16.0. The highest BCUT2D eigenvalue weighted by Gasteiger charge is 2.20. The van der Waals surface area contributed by atoms with E-state index in [2.05, 4.69) is 50.2 Å². The number of fused-ring (bicyclic) bond motifs is 1. The van der Waals surface area contributed by atoms with Crippen LogP contribution in [0.15, 0.2) is 71.6 Å². The number of aromatic nitrogens is 1. The maximum Gasteiger partial charge on any atom is 0.229 e. The molecule has 4 aromatic rings. The van der Waals surface area contributed by atoms with Gasteiger partial charge < -0.3 is 4.74 Å². The minimum atomic E-state index is 0.113. The largest absolute Gasteiger partial charge is 0.497 e. The Morgan fingerprint density at radius 2 is 1.76 bits per heavy atom. The fraction of sp³-hybridized carbons (Fsp3) is 0.259. The third kappa shape index (κ3) is 5.95. The van der Waals surface area contributed by atoms with Crippen molar-refractivity contribution in [1.82, 2.24) is 4.98 Å². The van der Waals surface area contributed by atoms with E-state index in [4.69, 9.17) is 9.72 Å². The molecule has 33 heavy (non-hydrogen) atoms. The summed E-state index contributed by atoms with van der Waals surface area (Å²) in [4.78, 5) is 21.2. The monoisotopic (exact) mass is 476 g/mol. The van der Waals surface area contributed by atoms with Crippen molar-refractivity contribution < 1.29 is 9.53 Å². The molecule has 1 heterocycles. The van der Waals surface area contributed by atoms with E-state index < -0.39 is 0 Å². The van der Waals surface area contributed by atoms with Crippen molar-refractivity contribution in [2.75, 3.05) is 17.8 Å². The van der Waals surface area contributed by atoms with E-state index in [1.54, 1.807) is 30.2 Å². The molecular formula is C27H28N2O2S2. The van der Waals surface area contributed by atoms with E-state index in [9.17, 15) is 4.79 Å². The van der Waals surface area contributed by atoms with E-state index in [0.29, 0.717) is 13.0 Å². The molecule has 1 amide bonds. The van der Waals surface area contributed by atoms with Crippen LogP contribution in [0.3, 0.4) is 0 Å². The van der Waals surface area contributed by atoms with Crippen LogP contribution in [0.2, 0.25) is 0 Å². The van der Waals surface area contributed by atoms with Crippen molar-refractivity contribution in [2.24, 2.45) is 0 Å². The average Bonchev–Trinajstić information content (AvgIpc) is 3.23. The van der Waals surface area contributed by atoms with Gasteiger partial charge in [-0.3, -0.25) is 9.69 Å². The molecule has 4 nitrogen and oxygen atoms in total. The van der Waals surface area contributed by atoms with Crippen LogP contribution >= 0.6 is 23.1 Å². The minimum absolute atomic E-state index is 0.113. The highest BCUT2D eigenvalue weighted by Crippen LogP contribution is 2.32. The topological polar surface area (TPSA) is 42.4 Å². The lowest BCUT2D eigenvalue weighted by molar-refractivity contribution is -0.118. The number of amides is 1. The third-order valence-electron chi connectivity index (χ3n) is 5.57. The first kappa shape index (κ1) is 23.3. The molecule has 0 spiro atoms. The van der Waals surface area contributed by atoms with Gasteiger partial charge in [-0.1, -0.05) is 41.7 Å². The van der Waals surface area contributed by atoms with Crippen molar-refractivity contribution in [3.63, 3.8) is 0 Å². The van der Waals surface area contributed by atoms with Crippen molar-refractivity contribution in [1.29, 1.82) is 0 Å². The molecule has 4 rings (SSSR count). The fourth-order valence-electron chi connectivity index (χ4n) is 3.53. The zero-order valence-electron chi connectivity index (χ0n) is 19.2. The number of hydrogen-bond donors (Lipinski definition) is 0. The molecule has 0 saturated carbocycles. The second-order valence-electron chi connectivity index (χ2n) is 7.99. The van der Waals surface area contributed by atoms with E-state index in [0.717, 1.165) is 38.8 Å². The van der Waals surface area contributed by atoms with Crippen LogP contribution < -0.4 is 9.64 Å². The van der Waals surface area contributed by atoms with Gasteiger partial charge in [-0.2, -0.15) is 0 Å². The second kappa shape index (κ2) is 10.9. The van der Waals surface area contributed by atoms with Crippen LogP contribution in [0.1, 0.15) is 29.5 Å². The van der Waals surface area contributed by atoms with E-state index in [1.165, 1.54) is 16.0 Å². The average molecular weight is 477 g/mol. The number of ether oxygens (including phenoxy) is 1. The number of thiazole rings is 1. The van der Waals surface area contributed by atoms with Crippen LogP contribution in [-0.2, 0) is 11.3 Å². The van der Waals surface area contributed by atoms with Crippen molar-refractivity contribution in [3.05, 3.63) is 83.4 Å². The number of nitrogens with zero attached hydrogens (tertiary/aromatic N) is 2. The summed E-state index contributed by atoms with van der Waals surface area (Å²) < 4.78 is 6.33. The van der Waals surface area contributed by atoms with Gasteiger partial charge in [-0.05, 0) is 79.1 Å². The van der Waals surface area contributed by atoms with Gasteiger partial charge in [0.25, 0.3) is 0 Å². The first-order valence-corrected chi connectivity index (χ1v) is 12.8. The molecule has 0 atom stereocenters. The van der Waals surface area contributed by atoms with Crippen LogP contribution in [0, 0.1) is 13.8 Å². The van der Waals surface area contributed by atoms with Crippen LogP contribution in [0.25, 0.3) is 10.2 Å². The Morgan fingerprint density at radius 1 is 1.03 bits per heavy atom. The summed E-state index contributed by atoms with van der Waals surface area (Å²) in [5, 5.41) is 0.770. The van der Waals surface area contributed by atoms with Gasteiger partial charge in [0.05, 0.1) is 23.9 Å². The Kier molecular flexibility index (Phi) is 7.68. The van der Waals surface area contributed by atoms with Gasteiger partial charge in [0, 0.05) is 11.3 Å². The molecule has 1 aromatic heterocycles. The third-order valence-corrected chi connectivity index (χ3v) is 7.71. The van der Waals surface area contributed by atoms with Crippen LogP contribution in [-0.4, -0.2) is 23.8 Å².